The zero-order valence-corrected chi connectivity index (χ0v) is 21.0. The number of anilines is 2. The number of carbonyl (C=O) groups is 1. The van der Waals surface area contributed by atoms with Crippen molar-refractivity contribution in [2.24, 2.45) is 0 Å². The zero-order chi connectivity index (χ0) is 26.1. The number of sulfone groups is 1. The van der Waals surface area contributed by atoms with Crippen LogP contribution < -0.4 is 10.2 Å². The van der Waals surface area contributed by atoms with E-state index >= 15 is 0 Å². The third-order valence-corrected chi connectivity index (χ3v) is 8.20. The number of alkyl halides is 3. The van der Waals surface area contributed by atoms with Gasteiger partial charge in [0, 0.05) is 18.8 Å². The molecule has 1 N–H and O–H groups in total. The molecule has 190 valence electrons. The van der Waals surface area contributed by atoms with Crippen LogP contribution in [0.1, 0.15) is 29.2 Å². The zero-order valence-electron chi connectivity index (χ0n) is 19.4. The molecular weight excluding hydrogens is 513 g/mol. The van der Waals surface area contributed by atoms with Gasteiger partial charge in [-0.3, -0.25) is 4.79 Å². The molecule has 0 unspecified atom stereocenters. The van der Waals surface area contributed by atoms with E-state index in [2.05, 4.69) is 5.32 Å². The third kappa shape index (κ3) is 5.84. The van der Waals surface area contributed by atoms with Crippen molar-refractivity contribution in [3.05, 3.63) is 87.9 Å². The van der Waals surface area contributed by atoms with Crippen LogP contribution in [-0.2, 0) is 40.2 Å². The standard InChI is InChI=1S/C26H24ClF3N2O3S/c1-2-36(34,35)22-8-3-17(4-9-22)13-25(33)31-21-7-10-24(23(27)15-21)32-12-11-18-5-6-20(26(28,29)30)14-19(18)16-32/h3-10,14-15H,2,11-13,16H2,1H3,(H,31,33). The first-order valence-corrected chi connectivity index (χ1v) is 13.3. The second-order valence-electron chi connectivity index (χ2n) is 8.59. The largest absolute Gasteiger partial charge is 0.416 e. The van der Waals surface area contributed by atoms with Gasteiger partial charge in [-0.05, 0) is 65.6 Å². The van der Waals surface area contributed by atoms with E-state index in [1.807, 2.05) is 4.90 Å². The first kappa shape index (κ1) is 26.0. The maximum Gasteiger partial charge on any atom is 0.416 e. The fourth-order valence-electron chi connectivity index (χ4n) is 4.15. The predicted molar refractivity (Wildman–Crippen MR) is 134 cm³/mol. The Morgan fingerprint density at radius 1 is 1.03 bits per heavy atom. The van der Waals surface area contributed by atoms with Crippen molar-refractivity contribution in [3.63, 3.8) is 0 Å². The van der Waals surface area contributed by atoms with Crippen LogP contribution in [0.3, 0.4) is 0 Å². The van der Waals surface area contributed by atoms with Crippen LogP contribution >= 0.6 is 11.6 Å². The molecule has 0 saturated carbocycles. The lowest BCUT2D eigenvalue weighted by atomic mass is 9.96. The molecule has 0 saturated heterocycles. The molecule has 5 nitrogen and oxygen atoms in total. The minimum atomic E-state index is -4.40. The van der Waals surface area contributed by atoms with Gasteiger partial charge >= 0.3 is 6.18 Å². The molecule has 0 aliphatic carbocycles. The van der Waals surface area contributed by atoms with E-state index < -0.39 is 21.6 Å². The van der Waals surface area contributed by atoms with Gasteiger partial charge < -0.3 is 10.2 Å². The van der Waals surface area contributed by atoms with Gasteiger partial charge in [-0.25, -0.2) is 8.42 Å². The van der Waals surface area contributed by atoms with Gasteiger partial charge in [0.05, 0.1) is 33.3 Å². The number of amides is 1. The van der Waals surface area contributed by atoms with E-state index in [1.54, 1.807) is 37.3 Å². The van der Waals surface area contributed by atoms with Crippen molar-refractivity contribution in [3.8, 4) is 0 Å². The lowest BCUT2D eigenvalue weighted by molar-refractivity contribution is -0.137. The Bertz CT molecular complexity index is 1390. The molecule has 0 bridgehead atoms. The van der Waals surface area contributed by atoms with Crippen molar-refractivity contribution in [2.75, 3.05) is 22.5 Å². The summed E-state index contributed by atoms with van der Waals surface area (Å²) in [6, 6.07) is 15.1. The fraction of sp³-hybridized carbons (Fsp3) is 0.269. The molecule has 1 amide bonds. The van der Waals surface area contributed by atoms with Crippen molar-refractivity contribution in [1.29, 1.82) is 0 Å². The molecular formula is C26H24ClF3N2O3S. The molecule has 1 aliphatic rings. The van der Waals surface area contributed by atoms with Crippen molar-refractivity contribution in [1.82, 2.24) is 0 Å². The summed E-state index contributed by atoms with van der Waals surface area (Å²) >= 11 is 6.48. The van der Waals surface area contributed by atoms with Crippen LogP contribution in [0.5, 0.6) is 0 Å². The SMILES string of the molecule is CCS(=O)(=O)c1ccc(CC(=O)Nc2ccc(N3CCc4ccc(C(F)(F)F)cc4C3)c(Cl)c2)cc1. The second-order valence-corrected chi connectivity index (χ2v) is 11.3. The molecule has 0 aromatic heterocycles. The first-order chi connectivity index (χ1) is 17.0. The van der Waals surface area contributed by atoms with Crippen molar-refractivity contribution < 1.29 is 26.4 Å². The summed E-state index contributed by atoms with van der Waals surface area (Å²) in [6.45, 7) is 2.48. The first-order valence-electron chi connectivity index (χ1n) is 11.3. The molecule has 10 heteroatoms. The van der Waals surface area contributed by atoms with Gasteiger partial charge in [0.2, 0.25) is 5.91 Å². The maximum atomic E-state index is 13.1. The molecule has 0 spiro atoms. The van der Waals surface area contributed by atoms with Crippen LogP contribution in [-0.4, -0.2) is 26.6 Å². The number of hydrogen-bond donors (Lipinski definition) is 1. The number of benzene rings is 3. The van der Waals surface area contributed by atoms with E-state index in [1.165, 1.54) is 24.3 Å². The number of carbonyl (C=O) groups excluding carboxylic acids is 1. The number of nitrogens with one attached hydrogen (secondary N) is 1. The van der Waals surface area contributed by atoms with Crippen molar-refractivity contribution >= 4 is 38.7 Å². The normalized spacial score (nSPS) is 13.9. The topological polar surface area (TPSA) is 66.5 Å². The number of fused-ring (bicyclic) bond motifs is 1. The quantitative estimate of drug-likeness (QED) is 0.426. The molecule has 1 heterocycles. The van der Waals surface area contributed by atoms with Crippen LogP contribution in [0.25, 0.3) is 0 Å². The average molecular weight is 537 g/mol. The minimum Gasteiger partial charge on any atom is -0.366 e. The van der Waals surface area contributed by atoms with E-state index in [-0.39, 0.29) is 23.0 Å². The summed E-state index contributed by atoms with van der Waals surface area (Å²) in [7, 11) is -3.30. The predicted octanol–water partition coefficient (Wildman–Crippen LogP) is 5.90. The van der Waals surface area contributed by atoms with Crippen LogP contribution in [0, 0.1) is 0 Å². The third-order valence-electron chi connectivity index (χ3n) is 6.15. The fourth-order valence-corrected chi connectivity index (χ4v) is 5.34. The molecule has 0 fully saturated rings. The summed E-state index contributed by atoms with van der Waals surface area (Å²) in [5.41, 5.74) is 2.65. The molecule has 0 atom stereocenters. The molecule has 4 rings (SSSR count). The highest BCUT2D eigenvalue weighted by Crippen LogP contribution is 2.35. The smallest absolute Gasteiger partial charge is 0.366 e. The van der Waals surface area contributed by atoms with E-state index in [0.29, 0.717) is 47.0 Å². The van der Waals surface area contributed by atoms with Crippen molar-refractivity contribution in [2.45, 2.75) is 37.4 Å². The van der Waals surface area contributed by atoms with E-state index in [0.717, 1.165) is 11.6 Å². The highest BCUT2D eigenvalue weighted by atomic mass is 35.5. The Balaban J connectivity index is 1.42. The van der Waals surface area contributed by atoms with Crippen LogP contribution in [0.2, 0.25) is 5.02 Å². The second kappa shape index (κ2) is 10.1. The number of halogens is 4. The van der Waals surface area contributed by atoms with Gasteiger partial charge in [-0.1, -0.05) is 36.7 Å². The van der Waals surface area contributed by atoms with Gasteiger partial charge in [0.1, 0.15) is 0 Å². The monoisotopic (exact) mass is 536 g/mol. The Hall–Kier alpha value is -3.04. The van der Waals surface area contributed by atoms with Crippen LogP contribution in [0.4, 0.5) is 24.5 Å². The Kier molecular flexibility index (Phi) is 7.33. The summed E-state index contributed by atoms with van der Waals surface area (Å²) in [5, 5.41) is 3.14. The number of rotatable bonds is 6. The molecule has 3 aromatic carbocycles. The Morgan fingerprint density at radius 2 is 1.75 bits per heavy atom. The van der Waals surface area contributed by atoms with Gasteiger partial charge in [0.15, 0.2) is 9.84 Å². The number of hydrogen-bond acceptors (Lipinski definition) is 4. The summed E-state index contributed by atoms with van der Waals surface area (Å²) < 4.78 is 63.2. The highest BCUT2D eigenvalue weighted by molar-refractivity contribution is 7.91. The van der Waals surface area contributed by atoms with Crippen LogP contribution in [0.15, 0.2) is 65.6 Å². The molecule has 36 heavy (non-hydrogen) atoms. The Morgan fingerprint density at radius 3 is 2.39 bits per heavy atom. The average Bonchev–Trinajstić information content (AvgIpc) is 2.83. The van der Waals surface area contributed by atoms with E-state index in [4.69, 9.17) is 11.6 Å². The summed E-state index contributed by atoms with van der Waals surface area (Å²) in [5.74, 6) is -0.293. The lowest BCUT2D eigenvalue weighted by Gasteiger charge is -2.32. The molecule has 0 radical (unpaired) electrons. The minimum absolute atomic E-state index is 0.00211. The van der Waals surface area contributed by atoms with E-state index in [9.17, 15) is 26.4 Å². The lowest BCUT2D eigenvalue weighted by Crippen LogP contribution is -2.31. The molecule has 1 aliphatic heterocycles. The highest BCUT2D eigenvalue weighted by Gasteiger charge is 2.32. The number of nitrogens with zero attached hydrogens (tertiary/aromatic N) is 1. The van der Waals surface area contributed by atoms with Gasteiger partial charge in [-0.15, -0.1) is 0 Å². The van der Waals surface area contributed by atoms with Gasteiger partial charge in [-0.2, -0.15) is 13.2 Å². The van der Waals surface area contributed by atoms with Gasteiger partial charge in [0.25, 0.3) is 0 Å². The summed E-state index contributed by atoms with van der Waals surface area (Å²) in [6.07, 6.45) is -3.75. The summed E-state index contributed by atoms with van der Waals surface area (Å²) in [4.78, 5) is 14.6. The molecule has 3 aromatic rings. The Labute approximate surface area is 212 Å². The maximum absolute atomic E-state index is 13.1.